The van der Waals surface area contributed by atoms with Gasteiger partial charge >= 0.3 is 0 Å². The van der Waals surface area contributed by atoms with E-state index in [0.29, 0.717) is 13.0 Å². The van der Waals surface area contributed by atoms with Crippen LogP contribution < -0.4 is 11.1 Å². The number of nitrogens with one attached hydrogen (secondary N) is 1. The average Bonchev–Trinajstić information content (AvgIpc) is 2.32. The van der Waals surface area contributed by atoms with E-state index in [1.165, 1.54) is 7.11 Å². The van der Waals surface area contributed by atoms with Crippen LogP contribution in [0.3, 0.4) is 0 Å². The van der Waals surface area contributed by atoms with Gasteiger partial charge in [-0.3, -0.25) is 9.78 Å². The molecule has 0 aliphatic rings. The van der Waals surface area contributed by atoms with Gasteiger partial charge in [0, 0.05) is 38.5 Å². The summed E-state index contributed by atoms with van der Waals surface area (Å²) in [5, 5.41) is 2.75. The van der Waals surface area contributed by atoms with Gasteiger partial charge in [-0.05, 0) is 12.1 Å². The Morgan fingerprint density at radius 3 is 3.00 bits per heavy atom. The Hall–Kier alpha value is -1.46. The molecule has 1 rings (SSSR count). The standard InChI is InChI=1S/C11H17N3O2/c1-16-10(8-12)11(15)14-7-5-9-4-2-3-6-13-9/h2-4,6,10H,5,7-8,12H2,1H3,(H,14,15). The van der Waals surface area contributed by atoms with Crippen molar-refractivity contribution in [3.05, 3.63) is 30.1 Å². The number of amides is 1. The third-order valence-corrected chi connectivity index (χ3v) is 2.20. The molecule has 5 nitrogen and oxygen atoms in total. The summed E-state index contributed by atoms with van der Waals surface area (Å²) in [7, 11) is 1.47. The van der Waals surface area contributed by atoms with Crippen LogP contribution in [0.2, 0.25) is 0 Å². The molecule has 0 aromatic carbocycles. The Morgan fingerprint density at radius 2 is 2.44 bits per heavy atom. The van der Waals surface area contributed by atoms with E-state index < -0.39 is 6.10 Å². The molecule has 16 heavy (non-hydrogen) atoms. The molecule has 1 atom stereocenters. The predicted molar refractivity (Wildman–Crippen MR) is 60.8 cm³/mol. The van der Waals surface area contributed by atoms with E-state index in [4.69, 9.17) is 10.5 Å². The highest BCUT2D eigenvalue weighted by Crippen LogP contribution is 1.93. The Kier molecular flexibility index (Phi) is 5.45. The summed E-state index contributed by atoms with van der Waals surface area (Å²) < 4.78 is 4.91. The molecule has 3 N–H and O–H groups in total. The molecule has 0 aliphatic carbocycles. The minimum atomic E-state index is -0.566. The topological polar surface area (TPSA) is 77.2 Å². The van der Waals surface area contributed by atoms with Crippen LogP contribution in [-0.4, -0.2) is 37.2 Å². The van der Waals surface area contributed by atoms with Crippen LogP contribution >= 0.6 is 0 Å². The van der Waals surface area contributed by atoms with Crippen LogP contribution in [0.5, 0.6) is 0 Å². The fourth-order valence-electron chi connectivity index (χ4n) is 1.28. The second kappa shape index (κ2) is 6.92. The lowest BCUT2D eigenvalue weighted by Gasteiger charge is -2.12. The van der Waals surface area contributed by atoms with Crippen molar-refractivity contribution in [1.29, 1.82) is 0 Å². The summed E-state index contributed by atoms with van der Waals surface area (Å²) in [5.74, 6) is -0.180. The largest absolute Gasteiger partial charge is 0.370 e. The average molecular weight is 223 g/mol. The van der Waals surface area contributed by atoms with E-state index in [-0.39, 0.29) is 12.5 Å². The number of nitrogens with two attached hydrogens (primary N) is 1. The van der Waals surface area contributed by atoms with Gasteiger partial charge in [-0.15, -0.1) is 0 Å². The van der Waals surface area contributed by atoms with Crippen LogP contribution in [-0.2, 0) is 16.0 Å². The van der Waals surface area contributed by atoms with Gasteiger partial charge < -0.3 is 15.8 Å². The number of carbonyl (C=O) groups is 1. The van der Waals surface area contributed by atoms with Crippen LogP contribution in [0.4, 0.5) is 0 Å². The van der Waals surface area contributed by atoms with Crippen molar-refractivity contribution >= 4 is 5.91 Å². The van der Waals surface area contributed by atoms with Crippen molar-refractivity contribution in [2.24, 2.45) is 5.73 Å². The number of rotatable bonds is 6. The molecular weight excluding hydrogens is 206 g/mol. The Labute approximate surface area is 95.0 Å². The van der Waals surface area contributed by atoms with Crippen molar-refractivity contribution < 1.29 is 9.53 Å². The van der Waals surface area contributed by atoms with Gasteiger partial charge in [0.2, 0.25) is 5.91 Å². The SMILES string of the molecule is COC(CN)C(=O)NCCc1ccccn1. The second-order valence-corrected chi connectivity index (χ2v) is 3.32. The van der Waals surface area contributed by atoms with Gasteiger partial charge in [0.05, 0.1) is 0 Å². The van der Waals surface area contributed by atoms with Gasteiger partial charge in [0.15, 0.2) is 0 Å². The Balaban J connectivity index is 2.28. The first-order valence-electron chi connectivity index (χ1n) is 5.18. The zero-order valence-corrected chi connectivity index (χ0v) is 9.35. The van der Waals surface area contributed by atoms with Crippen LogP contribution in [0.15, 0.2) is 24.4 Å². The summed E-state index contributed by atoms with van der Waals surface area (Å²) in [5.41, 5.74) is 6.32. The van der Waals surface area contributed by atoms with Crippen molar-refractivity contribution in [3.63, 3.8) is 0 Å². The van der Waals surface area contributed by atoms with Crippen molar-refractivity contribution in [1.82, 2.24) is 10.3 Å². The minimum absolute atomic E-state index is 0.180. The van der Waals surface area contributed by atoms with E-state index in [2.05, 4.69) is 10.3 Å². The molecule has 88 valence electrons. The third-order valence-electron chi connectivity index (χ3n) is 2.20. The van der Waals surface area contributed by atoms with Gasteiger partial charge in [-0.25, -0.2) is 0 Å². The highest BCUT2D eigenvalue weighted by Gasteiger charge is 2.14. The highest BCUT2D eigenvalue weighted by atomic mass is 16.5. The number of carbonyl (C=O) groups excluding carboxylic acids is 1. The number of pyridine rings is 1. The van der Waals surface area contributed by atoms with Gasteiger partial charge in [-0.1, -0.05) is 6.07 Å². The molecule has 0 aliphatic heterocycles. The van der Waals surface area contributed by atoms with Gasteiger partial charge in [0.25, 0.3) is 0 Å². The number of aromatic nitrogens is 1. The quantitative estimate of drug-likeness (QED) is 0.695. The number of hydrogen-bond donors (Lipinski definition) is 2. The monoisotopic (exact) mass is 223 g/mol. The van der Waals surface area contributed by atoms with Crippen LogP contribution in [0.1, 0.15) is 5.69 Å². The zero-order chi connectivity index (χ0) is 11.8. The molecule has 0 radical (unpaired) electrons. The summed E-state index contributed by atoms with van der Waals surface area (Å²) in [4.78, 5) is 15.6. The van der Waals surface area contributed by atoms with E-state index in [1.807, 2.05) is 18.2 Å². The summed E-state index contributed by atoms with van der Waals surface area (Å²) >= 11 is 0. The van der Waals surface area contributed by atoms with E-state index >= 15 is 0 Å². The molecule has 0 saturated heterocycles. The molecule has 1 unspecified atom stereocenters. The van der Waals surface area contributed by atoms with E-state index in [0.717, 1.165) is 5.69 Å². The predicted octanol–water partition coefficient (Wildman–Crippen LogP) is -0.286. The third kappa shape index (κ3) is 3.96. The second-order valence-electron chi connectivity index (χ2n) is 3.32. The summed E-state index contributed by atoms with van der Waals surface area (Å²) in [6.07, 6.45) is 1.87. The maximum Gasteiger partial charge on any atom is 0.250 e. The Bertz CT molecular complexity index is 312. The molecule has 1 heterocycles. The first-order valence-corrected chi connectivity index (χ1v) is 5.18. The smallest absolute Gasteiger partial charge is 0.250 e. The first kappa shape index (κ1) is 12.6. The maximum atomic E-state index is 11.5. The summed E-state index contributed by atoms with van der Waals surface area (Å²) in [6.45, 7) is 0.724. The molecule has 0 spiro atoms. The lowest BCUT2D eigenvalue weighted by molar-refractivity contribution is -0.130. The molecule has 1 aromatic heterocycles. The summed E-state index contributed by atoms with van der Waals surface area (Å²) in [6, 6.07) is 5.70. The molecular formula is C11H17N3O2. The van der Waals surface area contributed by atoms with Crippen molar-refractivity contribution in [2.45, 2.75) is 12.5 Å². The van der Waals surface area contributed by atoms with Gasteiger partial charge in [-0.2, -0.15) is 0 Å². The van der Waals surface area contributed by atoms with E-state index in [1.54, 1.807) is 6.20 Å². The number of hydrogen-bond acceptors (Lipinski definition) is 4. The van der Waals surface area contributed by atoms with Crippen molar-refractivity contribution in [3.8, 4) is 0 Å². The molecule has 0 bridgehead atoms. The fourth-order valence-corrected chi connectivity index (χ4v) is 1.28. The minimum Gasteiger partial charge on any atom is -0.370 e. The van der Waals surface area contributed by atoms with Crippen LogP contribution in [0, 0.1) is 0 Å². The van der Waals surface area contributed by atoms with Crippen LogP contribution in [0.25, 0.3) is 0 Å². The molecule has 0 fully saturated rings. The molecule has 1 amide bonds. The lowest BCUT2D eigenvalue weighted by Crippen LogP contribution is -2.41. The normalized spacial score (nSPS) is 12.1. The number of nitrogens with zero attached hydrogens (tertiary/aromatic N) is 1. The number of methoxy groups -OCH3 is 1. The van der Waals surface area contributed by atoms with Gasteiger partial charge in [0.1, 0.15) is 6.10 Å². The number of ether oxygens (including phenoxy) is 1. The van der Waals surface area contributed by atoms with Crippen molar-refractivity contribution in [2.75, 3.05) is 20.2 Å². The fraction of sp³-hybridized carbons (Fsp3) is 0.455. The molecule has 1 aromatic rings. The Morgan fingerprint density at radius 1 is 1.62 bits per heavy atom. The lowest BCUT2D eigenvalue weighted by atomic mass is 10.2. The molecule has 0 saturated carbocycles. The molecule has 5 heteroatoms. The zero-order valence-electron chi connectivity index (χ0n) is 9.35. The first-order chi connectivity index (χ1) is 7.77. The van der Waals surface area contributed by atoms with E-state index in [9.17, 15) is 4.79 Å². The maximum absolute atomic E-state index is 11.5. The highest BCUT2D eigenvalue weighted by molar-refractivity contribution is 5.80.